The third-order valence-corrected chi connectivity index (χ3v) is 4.59. The summed E-state index contributed by atoms with van der Waals surface area (Å²) in [7, 11) is 2.26. The van der Waals surface area contributed by atoms with Crippen molar-refractivity contribution in [3.05, 3.63) is 42.1 Å². The van der Waals surface area contributed by atoms with Gasteiger partial charge in [0.2, 0.25) is 0 Å². The molecule has 0 unspecified atom stereocenters. The first kappa shape index (κ1) is 14.5. The van der Waals surface area contributed by atoms with Crippen LogP contribution in [0.15, 0.2) is 36.5 Å². The number of benzene rings is 1. The van der Waals surface area contributed by atoms with Gasteiger partial charge in [-0.2, -0.15) is 0 Å². The van der Waals surface area contributed by atoms with Crippen LogP contribution in [0, 0.1) is 0 Å². The maximum Gasteiger partial charge on any atom is 0.0702 e. The summed E-state index contributed by atoms with van der Waals surface area (Å²) < 4.78 is 0. The Labute approximate surface area is 127 Å². The SMILES string of the molecule is CN(CCNCc1ccc2ncccc2c1)C1CCCC1. The summed E-state index contributed by atoms with van der Waals surface area (Å²) in [5, 5.41) is 4.78. The molecule has 0 aliphatic heterocycles. The van der Waals surface area contributed by atoms with Crippen LogP contribution in [-0.2, 0) is 6.54 Å². The van der Waals surface area contributed by atoms with E-state index in [0.717, 1.165) is 31.2 Å². The van der Waals surface area contributed by atoms with E-state index in [1.54, 1.807) is 0 Å². The van der Waals surface area contributed by atoms with Gasteiger partial charge >= 0.3 is 0 Å². The zero-order valence-corrected chi connectivity index (χ0v) is 12.9. The summed E-state index contributed by atoms with van der Waals surface area (Å²) in [6, 6.07) is 11.4. The van der Waals surface area contributed by atoms with Crippen molar-refractivity contribution in [2.24, 2.45) is 0 Å². The molecule has 3 heteroatoms. The molecular formula is C18H25N3. The zero-order chi connectivity index (χ0) is 14.5. The van der Waals surface area contributed by atoms with E-state index < -0.39 is 0 Å². The van der Waals surface area contributed by atoms with Gasteiger partial charge in [-0.3, -0.25) is 4.98 Å². The number of nitrogens with one attached hydrogen (secondary N) is 1. The number of nitrogens with zero attached hydrogens (tertiary/aromatic N) is 2. The van der Waals surface area contributed by atoms with Gasteiger partial charge in [0.15, 0.2) is 0 Å². The van der Waals surface area contributed by atoms with Crippen LogP contribution in [0.25, 0.3) is 10.9 Å². The zero-order valence-electron chi connectivity index (χ0n) is 12.9. The molecule has 1 aliphatic carbocycles. The maximum absolute atomic E-state index is 4.36. The van der Waals surface area contributed by atoms with Crippen molar-refractivity contribution in [3.8, 4) is 0 Å². The van der Waals surface area contributed by atoms with E-state index in [2.05, 4.69) is 46.5 Å². The lowest BCUT2D eigenvalue weighted by Gasteiger charge is -2.24. The third-order valence-electron chi connectivity index (χ3n) is 4.59. The van der Waals surface area contributed by atoms with Gasteiger partial charge in [-0.25, -0.2) is 0 Å². The normalized spacial score (nSPS) is 16.1. The smallest absolute Gasteiger partial charge is 0.0702 e. The monoisotopic (exact) mass is 283 g/mol. The predicted octanol–water partition coefficient (Wildman–Crippen LogP) is 3.20. The van der Waals surface area contributed by atoms with Gasteiger partial charge in [0.25, 0.3) is 0 Å². The molecule has 2 aromatic rings. The van der Waals surface area contributed by atoms with Crippen molar-refractivity contribution in [1.29, 1.82) is 0 Å². The average Bonchev–Trinajstić information content (AvgIpc) is 3.06. The number of likely N-dealkylation sites (N-methyl/N-ethyl adjacent to an activating group) is 1. The second-order valence-electron chi connectivity index (χ2n) is 6.13. The Morgan fingerprint density at radius 1 is 1.24 bits per heavy atom. The lowest BCUT2D eigenvalue weighted by atomic mass is 10.1. The Kier molecular flexibility index (Phi) is 4.84. The highest BCUT2D eigenvalue weighted by Gasteiger charge is 2.18. The first-order valence-electron chi connectivity index (χ1n) is 8.07. The first-order chi connectivity index (χ1) is 10.3. The minimum atomic E-state index is 0.818. The van der Waals surface area contributed by atoms with Crippen LogP contribution in [0.5, 0.6) is 0 Å². The van der Waals surface area contributed by atoms with Crippen LogP contribution >= 0.6 is 0 Å². The van der Waals surface area contributed by atoms with Crippen molar-refractivity contribution in [2.75, 3.05) is 20.1 Å². The lowest BCUT2D eigenvalue weighted by Crippen LogP contribution is -2.35. The van der Waals surface area contributed by atoms with Crippen molar-refractivity contribution < 1.29 is 0 Å². The molecule has 21 heavy (non-hydrogen) atoms. The Hall–Kier alpha value is -1.45. The highest BCUT2D eigenvalue weighted by Crippen LogP contribution is 2.21. The van der Waals surface area contributed by atoms with Crippen LogP contribution < -0.4 is 5.32 Å². The van der Waals surface area contributed by atoms with E-state index in [1.165, 1.54) is 36.6 Å². The van der Waals surface area contributed by atoms with Gasteiger partial charge in [-0.15, -0.1) is 0 Å². The summed E-state index contributed by atoms with van der Waals surface area (Å²) in [6.07, 6.45) is 7.43. The van der Waals surface area contributed by atoms with Gasteiger partial charge in [-0.1, -0.05) is 25.0 Å². The molecule has 3 rings (SSSR count). The Morgan fingerprint density at radius 3 is 2.95 bits per heavy atom. The molecule has 112 valence electrons. The predicted molar refractivity (Wildman–Crippen MR) is 88.3 cm³/mol. The van der Waals surface area contributed by atoms with Crippen molar-refractivity contribution in [1.82, 2.24) is 15.2 Å². The molecule has 0 spiro atoms. The van der Waals surface area contributed by atoms with Gasteiger partial charge < -0.3 is 10.2 Å². The van der Waals surface area contributed by atoms with E-state index in [-0.39, 0.29) is 0 Å². The molecule has 0 saturated heterocycles. The van der Waals surface area contributed by atoms with Gasteiger partial charge in [0.1, 0.15) is 0 Å². The molecule has 1 saturated carbocycles. The number of hydrogen-bond acceptors (Lipinski definition) is 3. The Bertz CT molecular complexity index is 575. The van der Waals surface area contributed by atoms with E-state index in [0.29, 0.717) is 0 Å². The van der Waals surface area contributed by atoms with Crippen molar-refractivity contribution in [3.63, 3.8) is 0 Å². The maximum atomic E-state index is 4.36. The van der Waals surface area contributed by atoms with E-state index in [1.807, 2.05) is 12.3 Å². The molecule has 1 fully saturated rings. The number of pyridine rings is 1. The molecule has 1 N–H and O–H groups in total. The van der Waals surface area contributed by atoms with Gasteiger partial charge in [0, 0.05) is 37.3 Å². The van der Waals surface area contributed by atoms with Crippen LogP contribution in [0.1, 0.15) is 31.2 Å². The van der Waals surface area contributed by atoms with E-state index in [4.69, 9.17) is 0 Å². The number of rotatable bonds is 6. The van der Waals surface area contributed by atoms with E-state index >= 15 is 0 Å². The van der Waals surface area contributed by atoms with Gasteiger partial charge in [-0.05, 0) is 43.7 Å². The van der Waals surface area contributed by atoms with Crippen LogP contribution in [0.3, 0.4) is 0 Å². The molecule has 1 heterocycles. The Morgan fingerprint density at radius 2 is 2.10 bits per heavy atom. The second-order valence-corrected chi connectivity index (χ2v) is 6.13. The highest BCUT2D eigenvalue weighted by molar-refractivity contribution is 5.78. The largest absolute Gasteiger partial charge is 0.311 e. The fourth-order valence-electron chi connectivity index (χ4n) is 3.25. The standard InChI is InChI=1S/C18H25N3/c1-21(17-6-2-3-7-17)12-11-19-14-15-8-9-18-16(13-15)5-4-10-20-18/h4-5,8-10,13,17,19H,2-3,6-7,11-12,14H2,1H3. The summed E-state index contributed by atoms with van der Waals surface area (Å²) in [5.74, 6) is 0. The summed E-state index contributed by atoms with van der Waals surface area (Å²) in [5.41, 5.74) is 2.40. The van der Waals surface area contributed by atoms with Crippen molar-refractivity contribution in [2.45, 2.75) is 38.3 Å². The summed E-state index contributed by atoms with van der Waals surface area (Å²) in [6.45, 7) is 3.13. The second kappa shape index (κ2) is 7.01. The molecule has 1 aromatic carbocycles. The number of aromatic nitrogens is 1. The topological polar surface area (TPSA) is 28.2 Å². The molecule has 0 radical (unpaired) electrons. The minimum Gasteiger partial charge on any atom is -0.311 e. The highest BCUT2D eigenvalue weighted by atomic mass is 15.1. The summed E-state index contributed by atoms with van der Waals surface area (Å²) >= 11 is 0. The van der Waals surface area contributed by atoms with Crippen LogP contribution in [-0.4, -0.2) is 36.1 Å². The fraction of sp³-hybridized carbons (Fsp3) is 0.500. The molecule has 0 bridgehead atoms. The molecule has 0 amide bonds. The molecule has 1 aromatic heterocycles. The van der Waals surface area contributed by atoms with Crippen LogP contribution in [0.2, 0.25) is 0 Å². The van der Waals surface area contributed by atoms with Crippen molar-refractivity contribution >= 4 is 10.9 Å². The lowest BCUT2D eigenvalue weighted by molar-refractivity contribution is 0.245. The average molecular weight is 283 g/mol. The number of fused-ring (bicyclic) bond motifs is 1. The third kappa shape index (κ3) is 3.80. The van der Waals surface area contributed by atoms with Crippen LogP contribution in [0.4, 0.5) is 0 Å². The Balaban J connectivity index is 1.45. The van der Waals surface area contributed by atoms with E-state index in [9.17, 15) is 0 Å². The minimum absolute atomic E-state index is 0.818. The molecule has 1 aliphatic rings. The molecular weight excluding hydrogens is 258 g/mol. The molecule has 3 nitrogen and oxygen atoms in total. The molecule has 0 atom stereocenters. The fourth-order valence-corrected chi connectivity index (χ4v) is 3.25. The quantitative estimate of drug-likeness (QED) is 0.825. The first-order valence-corrected chi connectivity index (χ1v) is 8.07. The summed E-state index contributed by atoms with van der Waals surface area (Å²) in [4.78, 5) is 6.88. The van der Waals surface area contributed by atoms with Gasteiger partial charge in [0.05, 0.1) is 5.52 Å². The number of hydrogen-bond donors (Lipinski definition) is 1.